The predicted octanol–water partition coefficient (Wildman–Crippen LogP) is 3.89. The first-order valence-electron chi connectivity index (χ1n) is 7.40. The molecule has 1 atom stereocenters. The van der Waals surface area contributed by atoms with Crippen molar-refractivity contribution < 1.29 is 9.21 Å². The van der Waals surface area contributed by atoms with Crippen LogP contribution in [0.2, 0.25) is 5.02 Å². The summed E-state index contributed by atoms with van der Waals surface area (Å²) >= 11 is 5.99. The maximum atomic E-state index is 12.9. The van der Waals surface area contributed by atoms with Crippen LogP contribution in [0.25, 0.3) is 0 Å². The maximum Gasteiger partial charge on any atom is 0.257 e. The van der Waals surface area contributed by atoms with Gasteiger partial charge in [-0.05, 0) is 30.7 Å². The van der Waals surface area contributed by atoms with Crippen molar-refractivity contribution in [3.8, 4) is 0 Å². The number of nitrogens with zero attached hydrogens (tertiary/aromatic N) is 3. The van der Waals surface area contributed by atoms with Crippen LogP contribution in [0.5, 0.6) is 0 Å². The Morgan fingerprint density at radius 1 is 1.21 bits per heavy atom. The average Bonchev–Trinajstić information content (AvgIpc) is 3.03. The van der Waals surface area contributed by atoms with E-state index in [1.165, 1.54) is 6.26 Å². The van der Waals surface area contributed by atoms with E-state index in [9.17, 15) is 4.79 Å². The van der Waals surface area contributed by atoms with Crippen LogP contribution in [-0.4, -0.2) is 27.8 Å². The summed E-state index contributed by atoms with van der Waals surface area (Å²) in [5.41, 5.74) is 2.11. The molecule has 1 aromatic carbocycles. The highest BCUT2D eigenvalue weighted by Crippen LogP contribution is 2.28. The van der Waals surface area contributed by atoms with Crippen molar-refractivity contribution in [1.29, 1.82) is 0 Å². The molecular formula is C18H16ClN3O2. The monoisotopic (exact) mass is 341 g/mol. The lowest BCUT2D eigenvalue weighted by Crippen LogP contribution is -2.32. The summed E-state index contributed by atoms with van der Waals surface area (Å²) in [6.45, 7) is 1.76. The summed E-state index contributed by atoms with van der Waals surface area (Å²) in [6, 6.07) is 8.65. The Morgan fingerprint density at radius 2 is 1.96 bits per heavy atom. The number of hydrogen-bond acceptors (Lipinski definition) is 4. The minimum absolute atomic E-state index is 0.146. The van der Waals surface area contributed by atoms with Gasteiger partial charge in [-0.15, -0.1) is 0 Å². The number of aromatic nitrogens is 2. The molecule has 0 fully saturated rings. The van der Waals surface area contributed by atoms with Crippen LogP contribution >= 0.6 is 11.6 Å². The fraction of sp³-hybridized carbons (Fsp3) is 0.167. The first kappa shape index (κ1) is 16.2. The van der Waals surface area contributed by atoms with Crippen molar-refractivity contribution in [2.45, 2.75) is 13.0 Å². The topological polar surface area (TPSA) is 59.2 Å². The molecule has 24 heavy (non-hydrogen) atoms. The standard InChI is InChI=1S/C18H16ClN3O2/c1-12-15(7-10-24-12)18(23)22(2)17(16-11-20-8-9-21-16)13-3-5-14(19)6-4-13/h3-11,17H,1-2H3. The third-order valence-electron chi connectivity index (χ3n) is 3.85. The number of benzene rings is 1. The Hall–Kier alpha value is -2.66. The molecule has 5 nitrogen and oxygen atoms in total. The van der Waals surface area contributed by atoms with Crippen molar-refractivity contribution in [1.82, 2.24) is 14.9 Å². The SMILES string of the molecule is Cc1occc1C(=O)N(C)C(c1ccc(Cl)cc1)c1cnccn1. The fourth-order valence-electron chi connectivity index (χ4n) is 2.60. The number of carbonyl (C=O) groups excluding carboxylic acids is 1. The average molecular weight is 342 g/mol. The summed E-state index contributed by atoms with van der Waals surface area (Å²) in [5, 5.41) is 0.635. The van der Waals surface area contributed by atoms with Gasteiger partial charge in [0.1, 0.15) is 11.8 Å². The Bertz CT molecular complexity index is 831. The zero-order chi connectivity index (χ0) is 17.1. The van der Waals surface area contributed by atoms with E-state index in [1.54, 1.807) is 55.7 Å². The molecular weight excluding hydrogens is 326 g/mol. The highest BCUT2D eigenvalue weighted by molar-refractivity contribution is 6.30. The Balaban J connectivity index is 2.03. The molecule has 3 aromatic rings. The largest absolute Gasteiger partial charge is 0.469 e. The van der Waals surface area contributed by atoms with Gasteiger partial charge >= 0.3 is 0 Å². The van der Waals surface area contributed by atoms with Crippen LogP contribution in [0.15, 0.2) is 59.6 Å². The fourth-order valence-corrected chi connectivity index (χ4v) is 2.73. The van der Waals surface area contributed by atoms with Crippen molar-refractivity contribution in [2.24, 2.45) is 0 Å². The van der Waals surface area contributed by atoms with Gasteiger partial charge in [0, 0.05) is 24.5 Å². The molecule has 122 valence electrons. The number of carbonyl (C=O) groups is 1. The lowest BCUT2D eigenvalue weighted by molar-refractivity contribution is 0.0750. The first-order valence-corrected chi connectivity index (χ1v) is 7.78. The summed E-state index contributed by atoms with van der Waals surface area (Å²) in [6.07, 6.45) is 6.38. The van der Waals surface area contributed by atoms with Crippen LogP contribution in [0.1, 0.15) is 33.4 Å². The number of halogens is 1. The van der Waals surface area contributed by atoms with Crippen molar-refractivity contribution in [2.75, 3.05) is 7.05 Å². The summed E-state index contributed by atoms with van der Waals surface area (Å²) < 4.78 is 5.25. The van der Waals surface area contributed by atoms with Gasteiger partial charge in [-0.2, -0.15) is 0 Å². The third-order valence-corrected chi connectivity index (χ3v) is 4.10. The van der Waals surface area contributed by atoms with Crippen molar-refractivity contribution in [3.63, 3.8) is 0 Å². The second-order valence-electron chi connectivity index (χ2n) is 5.39. The molecule has 0 N–H and O–H groups in total. The summed E-state index contributed by atoms with van der Waals surface area (Å²) in [4.78, 5) is 23.0. The number of amides is 1. The molecule has 0 spiro atoms. The van der Waals surface area contributed by atoms with E-state index >= 15 is 0 Å². The van der Waals surface area contributed by atoms with Crippen molar-refractivity contribution >= 4 is 17.5 Å². The van der Waals surface area contributed by atoms with E-state index in [2.05, 4.69) is 9.97 Å². The van der Waals surface area contributed by atoms with Crippen LogP contribution in [0, 0.1) is 6.92 Å². The smallest absolute Gasteiger partial charge is 0.257 e. The zero-order valence-electron chi connectivity index (χ0n) is 13.3. The molecule has 0 aliphatic heterocycles. The number of aryl methyl sites for hydroxylation is 1. The van der Waals surface area contributed by atoms with Gasteiger partial charge in [-0.25, -0.2) is 0 Å². The number of furan rings is 1. The predicted molar refractivity (Wildman–Crippen MR) is 90.9 cm³/mol. The lowest BCUT2D eigenvalue weighted by Gasteiger charge is -2.28. The Morgan fingerprint density at radius 3 is 2.54 bits per heavy atom. The molecule has 1 amide bonds. The van der Waals surface area contributed by atoms with Gasteiger partial charge in [0.05, 0.1) is 23.7 Å². The van der Waals surface area contributed by atoms with E-state index in [4.69, 9.17) is 16.0 Å². The first-order chi connectivity index (χ1) is 11.6. The van der Waals surface area contributed by atoms with Crippen LogP contribution < -0.4 is 0 Å². The zero-order valence-corrected chi connectivity index (χ0v) is 14.1. The van der Waals surface area contributed by atoms with Gasteiger partial charge < -0.3 is 9.32 Å². The summed E-state index contributed by atoms with van der Waals surface area (Å²) in [7, 11) is 1.74. The molecule has 3 rings (SSSR count). The number of rotatable bonds is 4. The summed E-state index contributed by atoms with van der Waals surface area (Å²) in [5.74, 6) is 0.438. The van der Waals surface area contributed by atoms with Gasteiger partial charge in [-0.1, -0.05) is 23.7 Å². The van der Waals surface area contributed by atoms with Gasteiger partial charge in [0.15, 0.2) is 0 Å². The van der Waals surface area contributed by atoms with E-state index in [0.717, 1.165) is 5.56 Å². The minimum Gasteiger partial charge on any atom is -0.469 e. The third kappa shape index (κ3) is 3.16. The molecule has 6 heteroatoms. The van der Waals surface area contributed by atoms with E-state index in [-0.39, 0.29) is 11.9 Å². The van der Waals surface area contributed by atoms with Crippen LogP contribution in [-0.2, 0) is 0 Å². The molecule has 0 aliphatic rings. The minimum atomic E-state index is -0.377. The lowest BCUT2D eigenvalue weighted by atomic mass is 10.0. The van der Waals surface area contributed by atoms with E-state index in [1.807, 2.05) is 12.1 Å². The quantitative estimate of drug-likeness (QED) is 0.722. The molecule has 0 saturated carbocycles. The van der Waals surface area contributed by atoms with E-state index < -0.39 is 0 Å². The molecule has 2 heterocycles. The highest BCUT2D eigenvalue weighted by Gasteiger charge is 2.27. The Kier molecular flexibility index (Phi) is 4.62. The van der Waals surface area contributed by atoms with Crippen LogP contribution in [0.3, 0.4) is 0 Å². The Labute approximate surface area is 144 Å². The van der Waals surface area contributed by atoms with Crippen LogP contribution in [0.4, 0.5) is 0 Å². The van der Waals surface area contributed by atoms with E-state index in [0.29, 0.717) is 22.0 Å². The normalized spacial score (nSPS) is 12.0. The molecule has 0 saturated heterocycles. The number of hydrogen-bond donors (Lipinski definition) is 0. The second kappa shape index (κ2) is 6.84. The second-order valence-corrected chi connectivity index (χ2v) is 5.83. The van der Waals surface area contributed by atoms with Gasteiger partial charge in [0.2, 0.25) is 0 Å². The highest BCUT2D eigenvalue weighted by atomic mass is 35.5. The molecule has 2 aromatic heterocycles. The molecule has 1 unspecified atom stereocenters. The van der Waals surface area contributed by atoms with Gasteiger partial charge in [0.25, 0.3) is 5.91 Å². The maximum absolute atomic E-state index is 12.9. The molecule has 0 bridgehead atoms. The molecule has 0 radical (unpaired) electrons. The van der Waals surface area contributed by atoms with Crippen molar-refractivity contribution in [3.05, 3.63) is 82.8 Å². The molecule has 0 aliphatic carbocycles. The van der Waals surface area contributed by atoms with Gasteiger partial charge in [-0.3, -0.25) is 14.8 Å².